The van der Waals surface area contributed by atoms with Crippen molar-refractivity contribution in [3.63, 3.8) is 0 Å². The first-order valence-corrected chi connectivity index (χ1v) is 37.3. The van der Waals surface area contributed by atoms with Gasteiger partial charge in [0.2, 0.25) is 0 Å². The summed E-state index contributed by atoms with van der Waals surface area (Å²) in [7, 11) is 0. The van der Waals surface area contributed by atoms with Crippen molar-refractivity contribution in [2.45, 2.75) is 96.3 Å². The average molecular weight is 1290 g/mol. The van der Waals surface area contributed by atoms with Gasteiger partial charge in [-0.25, -0.2) is 0 Å². The number of benzene rings is 20. The Morgan fingerprint density at radius 2 is 0.554 bits per heavy atom. The summed E-state index contributed by atoms with van der Waals surface area (Å²) in [6.07, 6.45) is 6.56. The molecule has 0 amide bonds. The van der Waals surface area contributed by atoms with Gasteiger partial charge in [0.25, 0.3) is 0 Å². The quantitative estimate of drug-likeness (QED) is 0.0291. The summed E-state index contributed by atoms with van der Waals surface area (Å²) in [6.45, 7) is 6.99. The SMILES string of the molecule is CCCCCCCCn1c2ccc(COC(=O)CC(=O)OCC)cc2c2cc(COC(=O)C3(C(=O)OCC)C45c6c7c8c9c%10c%11c(c%12c%13c4c4c6c6c%14c7c7c8c8c%10c%10c%15c%11c%11c%12c%12c%13c%13c4c4c6c6c%14c%14c7c7c8c%10c8c%10c%15c%11c%11c%12c%12c%13c4c4c6c6c%14c7c8c7c%10c%11c%12c4c67)C935)ccc21. The third-order valence-electron chi connectivity index (χ3n) is 31.4. The lowest BCUT2D eigenvalue weighted by Crippen LogP contribution is -2.38. The number of unbranched alkanes of at least 4 members (excludes halogenated alkanes) is 5. The molecule has 1 heterocycles. The fourth-order valence-corrected chi connectivity index (χ4v) is 30.0. The molecule has 36 rings (SSSR count). The minimum absolute atomic E-state index is 0.000861. The zero-order valence-electron chi connectivity index (χ0n) is 54.2. The fraction of sp³-hybridized carbons (Fsp3) is 0.196. The minimum atomic E-state index is -1.86. The number of nitrogens with zero attached hydrogens (tertiary/aromatic N) is 1. The van der Waals surface area contributed by atoms with E-state index in [0.29, 0.717) is 0 Å². The highest BCUT2D eigenvalue weighted by Gasteiger charge is 3.01. The molecule has 0 unspecified atom stereocenters. The lowest BCUT2D eigenvalue weighted by Gasteiger charge is -2.32. The van der Waals surface area contributed by atoms with E-state index in [1.165, 1.54) is 328 Å². The van der Waals surface area contributed by atoms with Crippen LogP contribution in [0.5, 0.6) is 0 Å². The van der Waals surface area contributed by atoms with Gasteiger partial charge in [-0.1, -0.05) is 51.2 Å². The number of ether oxygens (including phenoxy) is 4. The number of fused-ring (bicyclic) bond motifs is 3. The van der Waals surface area contributed by atoms with Gasteiger partial charge in [-0.05, 0) is 369 Å². The largest absolute Gasteiger partial charge is 0.466 e. The Morgan fingerprint density at radius 3 is 0.851 bits per heavy atom. The molecular formula is C92H39NO8. The van der Waals surface area contributed by atoms with E-state index in [4.69, 9.17) is 18.9 Å². The van der Waals surface area contributed by atoms with E-state index in [0.717, 1.165) is 52.3 Å². The summed E-state index contributed by atoms with van der Waals surface area (Å²) in [5.74, 6) is -2.18. The van der Waals surface area contributed by atoms with Gasteiger partial charge in [-0.2, -0.15) is 0 Å². The number of rotatable bonds is 17. The molecule has 0 N–H and O–H groups in total. The predicted octanol–water partition coefficient (Wildman–Crippen LogP) is 22.1. The van der Waals surface area contributed by atoms with Crippen molar-refractivity contribution < 1.29 is 38.1 Å². The summed E-state index contributed by atoms with van der Waals surface area (Å²) < 4.78 is 27.6. The van der Waals surface area contributed by atoms with Crippen molar-refractivity contribution in [2.24, 2.45) is 5.41 Å². The molecule has 460 valence electrons. The number of aromatic nitrogens is 1. The molecule has 1 fully saturated rings. The Morgan fingerprint density at radius 1 is 0.297 bits per heavy atom. The van der Waals surface area contributed by atoms with Crippen LogP contribution in [0.4, 0.5) is 0 Å². The molecule has 31 aromatic rings. The van der Waals surface area contributed by atoms with Crippen LogP contribution in [0.3, 0.4) is 0 Å². The van der Waals surface area contributed by atoms with Crippen LogP contribution in [-0.4, -0.2) is 41.7 Å². The smallest absolute Gasteiger partial charge is 0.326 e. The molecule has 2 spiro atoms. The Kier molecular flexibility index (Phi) is 5.58. The standard InChI is InChI=1S/C92H39NO8/c1-4-7-8-9-10-11-16-93-26-14-12-22(20-100-29(95)19-28(94)98-5-2)17-24(26)25-18-23(13-15-27(25)93)21-101-89(97)92(88(96)99-6-3)90-84-76-68-58-48-40-32-30-31-34-38-36(32)44-52-46(38)56-50-42(34)43-35(31)39-37-33(30)41(40)49-55-45(37)53-47(39)57-51(43)61-60(50)70-64(56)74-66(52)72(62(68)54(44)48)80(84)82(74)86-78(70)79-71(61)65(57)75-67(53)73-63(55)69(59(49)58)77(76)85(90)81(73)83(75)87(79)91(86,90)92/h12-15,17-18H,4-11,16,19-21H2,1-3H3. The summed E-state index contributed by atoms with van der Waals surface area (Å²) in [5, 5.41) is 80.1. The topological polar surface area (TPSA) is 110 Å². The molecule has 101 heavy (non-hydrogen) atoms. The van der Waals surface area contributed by atoms with Gasteiger partial charge in [0.1, 0.15) is 19.6 Å². The van der Waals surface area contributed by atoms with Gasteiger partial charge in [0.15, 0.2) is 5.41 Å². The molecular weight excluding hydrogens is 1250 g/mol. The van der Waals surface area contributed by atoms with Gasteiger partial charge < -0.3 is 23.5 Å². The maximum Gasteiger partial charge on any atom is 0.326 e. The number of aryl methyl sites for hydroxylation is 1. The number of carbonyl (C=O) groups is 4. The van der Waals surface area contributed by atoms with Crippen LogP contribution < -0.4 is 0 Å². The van der Waals surface area contributed by atoms with Crippen LogP contribution >= 0.6 is 0 Å². The van der Waals surface area contributed by atoms with E-state index in [9.17, 15) is 9.59 Å². The van der Waals surface area contributed by atoms with E-state index in [1.54, 1.807) is 17.7 Å². The molecule has 5 aliphatic carbocycles. The van der Waals surface area contributed by atoms with Crippen molar-refractivity contribution >= 4 is 337 Å². The summed E-state index contributed by atoms with van der Waals surface area (Å²) in [4.78, 5) is 60.9. The number of hydrogen-bond acceptors (Lipinski definition) is 8. The van der Waals surface area contributed by atoms with Crippen molar-refractivity contribution in [3.05, 3.63) is 69.8 Å². The Hall–Kier alpha value is -11.4. The first-order chi connectivity index (χ1) is 49.9. The summed E-state index contributed by atoms with van der Waals surface area (Å²) in [6, 6.07) is 12.8. The van der Waals surface area contributed by atoms with E-state index >= 15 is 9.59 Å². The lowest BCUT2D eigenvalue weighted by atomic mass is 9.68. The normalized spacial score (nSPS) is 20.4. The first-order valence-electron chi connectivity index (χ1n) is 37.3. The lowest BCUT2D eigenvalue weighted by molar-refractivity contribution is -0.167. The highest BCUT2D eigenvalue weighted by atomic mass is 16.6. The second-order valence-electron chi connectivity index (χ2n) is 33.6. The van der Waals surface area contributed by atoms with Gasteiger partial charge in [-0.15, -0.1) is 0 Å². The zero-order chi connectivity index (χ0) is 63.9. The second-order valence-corrected chi connectivity index (χ2v) is 33.6. The molecule has 9 heteroatoms. The van der Waals surface area contributed by atoms with Crippen molar-refractivity contribution in [1.29, 1.82) is 0 Å². The molecule has 0 aliphatic heterocycles. The second kappa shape index (κ2) is 12.2. The molecule has 0 radical (unpaired) electrons. The van der Waals surface area contributed by atoms with E-state index in [-0.39, 0.29) is 26.4 Å². The Bertz CT molecular complexity index is 8490. The molecule has 1 saturated carbocycles. The van der Waals surface area contributed by atoms with E-state index < -0.39 is 46.5 Å². The minimum Gasteiger partial charge on any atom is -0.466 e. The highest BCUT2D eigenvalue weighted by molar-refractivity contribution is 6.82. The van der Waals surface area contributed by atoms with Crippen LogP contribution in [0.15, 0.2) is 36.4 Å². The maximum absolute atomic E-state index is 18.1. The molecule has 9 nitrogen and oxygen atoms in total. The van der Waals surface area contributed by atoms with Gasteiger partial charge in [-0.3, -0.25) is 19.2 Å². The van der Waals surface area contributed by atoms with Crippen LogP contribution in [0.2, 0.25) is 0 Å². The number of carbonyl (C=O) groups excluding carboxylic acids is 4. The highest BCUT2D eigenvalue weighted by Crippen LogP contribution is 2.97. The van der Waals surface area contributed by atoms with Gasteiger partial charge >= 0.3 is 23.9 Å². The summed E-state index contributed by atoms with van der Waals surface area (Å²) in [5.41, 5.74) is 4.38. The Balaban J connectivity index is 0.708. The molecule has 1 aromatic heterocycles. The third-order valence-corrected chi connectivity index (χ3v) is 31.4. The van der Waals surface area contributed by atoms with E-state index in [1.807, 2.05) is 13.0 Å². The summed E-state index contributed by atoms with van der Waals surface area (Å²) >= 11 is 0. The van der Waals surface area contributed by atoms with E-state index in [2.05, 4.69) is 41.8 Å². The molecule has 0 atom stereocenters. The first kappa shape index (κ1) is 46.0. The van der Waals surface area contributed by atoms with Crippen molar-refractivity contribution in [3.8, 4) is 0 Å². The van der Waals surface area contributed by atoms with Gasteiger partial charge in [0.05, 0.1) is 24.0 Å². The Labute approximate surface area is 560 Å². The monoisotopic (exact) mass is 1290 g/mol. The number of esters is 4. The average Bonchev–Trinajstić information content (AvgIpc) is 1.35. The maximum atomic E-state index is 18.1. The van der Waals surface area contributed by atoms with Crippen LogP contribution in [-0.2, 0) is 68.7 Å². The molecule has 0 bridgehead atoms. The molecule has 5 aliphatic rings. The predicted molar refractivity (Wildman–Crippen MR) is 407 cm³/mol. The van der Waals surface area contributed by atoms with Crippen molar-refractivity contribution in [2.75, 3.05) is 13.2 Å². The fourth-order valence-electron chi connectivity index (χ4n) is 30.0. The molecule has 0 saturated heterocycles. The van der Waals surface area contributed by atoms with Crippen LogP contribution in [0.25, 0.3) is 313 Å². The van der Waals surface area contributed by atoms with Gasteiger partial charge in [0, 0.05) is 28.4 Å². The zero-order valence-corrected chi connectivity index (χ0v) is 54.2. The third kappa shape index (κ3) is 3.20. The van der Waals surface area contributed by atoms with Crippen molar-refractivity contribution in [1.82, 2.24) is 4.57 Å². The van der Waals surface area contributed by atoms with Crippen LogP contribution in [0, 0.1) is 5.41 Å². The van der Waals surface area contributed by atoms with Crippen LogP contribution in [0.1, 0.15) is 99.1 Å². The molecule has 30 aromatic carbocycles. The number of hydrogen-bond donors (Lipinski definition) is 0.